The number of hydrogen-bond acceptors (Lipinski definition) is 7. The van der Waals surface area contributed by atoms with Gasteiger partial charge in [-0.3, -0.25) is 25.2 Å². The molecule has 6 N–H and O–H groups in total. The number of anilines is 1. The van der Waals surface area contributed by atoms with Gasteiger partial charge in [0.2, 0.25) is 11.9 Å². The highest BCUT2D eigenvalue weighted by atomic mass is 16.2. The van der Waals surface area contributed by atoms with Crippen LogP contribution >= 0.6 is 0 Å². The Morgan fingerprint density at radius 2 is 1.89 bits per heavy atom. The molecule has 0 saturated carbocycles. The molecule has 28 heavy (non-hydrogen) atoms. The van der Waals surface area contributed by atoms with Gasteiger partial charge in [-0.05, 0) is 19.9 Å². The molecule has 1 aromatic rings. The average Bonchev–Trinajstić information content (AvgIpc) is 2.59. The molecular formula is C16H22N8O4. The molecule has 1 aliphatic rings. The van der Waals surface area contributed by atoms with Crippen LogP contribution in [0, 0.1) is 6.92 Å². The van der Waals surface area contributed by atoms with Gasteiger partial charge in [0.05, 0.1) is 13.1 Å². The highest BCUT2D eigenvalue weighted by Gasteiger charge is 2.10. The predicted molar refractivity (Wildman–Crippen MR) is 102 cm³/mol. The van der Waals surface area contributed by atoms with Crippen LogP contribution in [0.5, 0.6) is 0 Å². The first-order valence-corrected chi connectivity index (χ1v) is 8.49. The maximum absolute atomic E-state index is 11.8. The summed E-state index contributed by atoms with van der Waals surface area (Å²) in [5.41, 5.74) is 0.929. The number of aromatic amines is 1. The van der Waals surface area contributed by atoms with Crippen molar-refractivity contribution in [1.29, 1.82) is 0 Å². The molecule has 1 aromatic heterocycles. The summed E-state index contributed by atoms with van der Waals surface area (Å²) >= 11 is 0. The fourth-order valence-electron chi connectivity index (χ4n) is 2.15. The maximum atomic E-state index is 11.8. The highest BCUT2D eigenvalue weighted by Crippen LogP contribution is 1.95. The van der Waals surface area contributed by atoms with Gasteiger partial charge in [-0.2, -0.15) is 0 Å². The van der Waals surface area contributed by atoms with Crippen molar-refractivity contribution in [3.05, 3.63) is 33.9 Å². The Bertz CT molecular complexity index is 874. The number of ketones is 1. The quantitative estimate of drug-likeness (QED) is 0.376. The molecule has 0 fully saturated rings. The standard InChI is InChI=1S/C16H22N8O4/c1-9-3-5-17-13(20-9)23-15(27)18-6-4-11(25)8-19-16(28)24-14-21-10(2)7-12(26)22-14/h3,7H,4-6,8H2,1-2H3,(H3,17,18,20,23,27)(H3,19,21,22,24,26,28). The number of nitrogens with one attached hydrogen (secondary N) is 6. The van der Waals surface area contributed by atoms with Crippen LogP contribution in [0.25, 0.3) is 0 Å². The van der Waals surface area contributed by atoms with Crippen LogP contribution in [0.15, 0.2) is 27.6 Å². The number of Topliss-reactive ketones (excluding diaryl/α,β-unsaturated/α-hetero) is 1. The summed E-state index contributed by atoms with van der Waals surface area (Å²) in [6.07, 6.45) is 1.91. The van der Waals surface area contributed by atoms with Crippen molar-refractivity contribution in [3.63, 3.8) is 0 Å². The minimum atomic E-state index is -0.683. The number of aromatic nitrogens is 2. The van der Waals surface area contributed by atoms with E-state index in [1.54, 1.807) is 6.92 Å². The van der Waals surface area contributed by atoms with Crippen molar-refractivity contribution >= 4 is 29.8 Å². The predicted octanol–water partition coefficient (Wildman–Crippen LogP) is -0.679. The van der Waals surface area contributed by atoms with Gasteiger partial charge in [-0.1, -0.05) is 0 Å². The monoisotopic (exact) mass is 390 g/mol. The molecule has 150 valence electrons. The first-order valence-electron chi connectivity index (χ1n) is 8.49. The van der Waals surface area contributed by atoms with E-state index in [1.165, 1.54) is 6.07 Å². The first-order chi connectivity index (χ1) is 13.3. The Morgan fingerprint density at radius 3 is 2.61 bits per heavy atom. The van der Waals surface area contributed by atoms with Crippen LogP contribution in [0.1, 0.15) is 19.0 Å². The fourth-order valence-corrected chi connectivity index (χ4v) is 2.15. The minimum Gasteiger partial charge on any atom is -0.337 e. The summed E-state index contributed by atoms with van der Waals surface area (Å²) in [5.74, 6) is 0.0376. The summed E-state index contributed by atoms with van der Waals surface area (Å²) in [5, 5.41) is 12.6. The molecule has 2 heterocycles. The third kappa shape index (κ3) is 7.27. The lowest BCUT2D eigenvalue weighted by atomic mass is 10.3. The van der Waals surface area contributed by atoms with Gasteiger partial charge in [0.25, 0.3) is 5.56 Å². The summed E-state index contributed by atoms with van der Waals surface area (Å²) < 4.78 is 0. The number of hydrogen-bond donors (Lipinski definition) is 6. The number of H-pyrrole nitrogens is 1. The van der Waals surface area contributed by atoms with E-state index in [4.69, 9.17) is 0 Å². The van der Waals surface area contributed by atoms with Gasteiger partial charge < -0.3 is 16.0 Å². The van der Waals surface area contributed by atoms with Crippen molar-refractivity contribution in [2.45, 2.75) is 20.3 Å². The molecule has 0 aliphatic carbocycles. The Labute approximate surface area is 160 Å². The number of allylic oxidation sites excluding steroid dienone is 1. The molecule has 12 nitrogen and oxygen atoms in total. The molecule has 0 saturated heterocycles. The highest BCUT2D eigenvalue weighted by molar-refractivity contribution is 5.97. The zero-order chi connectivity index (χ0) is 20.5. The summed E-state index contributed by atoms with van der Waals surface area (Å²) in [6.45, 7) is 3.81. The van der Waals surface area contributed by atoms with Crippen LogP contribution in [0.2, 0.25) is 0 Å². The van der Waals surface area contributed by atoms with E-state index >= 15 is 0 Å². The largest absolute Gasteiger partial charge is 0.337 e. The number of guanidine groups is 1. The van der Waals surface area contributed by atoms with Crippen molar-refractivity contribution in [2.75, 3.05) is 25.0 Å². The van der Waals surface area contributed by atoms with E-state index in [-0.39, 0.29) is 31.2 Å². The van der Waals surface area contributed by atoms with Crippen molar-refractivity contribution in [1.82, 2.24) is 31.2 Å². The summed E-state index contributed by atoms with van der Waals surface area (Å²) in [7, 11) is 0. The van der Waals surface area contributed by atoms with Gasteiger partial charge in [-0.25, -0.2) is 19.6 Å². The zero-order valence-electron chi connectivity index (χ0n) is 15.5. The van der Waals surface area contributed by atoms with Crippen LogP contribution in [-0.2, 0) is 4.79 Å². The first kappa shape index (κ1) is 20.6. The Morgan fingerprint density at radius 1 is 1.14 bits per heavy atom. The summed E-state index contributed by atoms with van der Waals surface area (Å²) in [6, 6.07) is 0.108. The fraction of sp³-hybridized carbons (Fsp3) is 0.375. The van der Waals surface area contributed by atoms with Crippen molar-refractivity contribution in [3.8, 4) is 0 Å². The molecule has 0 unspecified atom stereocenters. The lowest BCUT2D eigenvalue weighted by Crippen LogP contribution is -2.47. The number of amides is 4. The van der Waals surface area contributed by atoms with Crippen LogP contribution < -0.4 is 32.1 Å². The van der Waals surface area contributed by atoms with Crippen LogP contribution in [-0.4, -0.2) is 53.4 Å². The molecule has 0 atom stereocenters. The van der Waals surface area contributed by atoms with E-state index in [9.17, 15) is 19.2 Å². The molecule has 1 aliphatic heterocycles. The lowest BCUT2D eigenvalue weighted by Gasteiger charge is -2.15. The van der Waals surface area contributed by atoms with Gasteiger partial charge in [0.1, 0.15) is 0 Å². The Balaban J connectivity index is 1.63. The van der Waals surface area contributed by atoms with E-state index in [0.717, 1.165) is 5.70 Å². The zero-order valence-corrected chi connectivity index (χ0v) is 15.5. The molecule has 4 amide bonds. The maximum Gasteiger partial charge on any atom is 0.321 e. The number of aliphatic imine (C=N–C) groups is 1. The number of nitrogens with zero attached hydrogens (tertiary/aromatic N) is 2. The second kappa shape index (κ2) is 9.85. The van der Waals surface area contributed by atoms with E-state index < -0.39 is 17.6 Å². The van der Waals surface area contributed by atoms with Crippen LogP contribution in [0.4, 0.5) is 15.5 Å². The van der Waals surface area contributed by atoms with Crippen LogP contribution in [0.3, 0.4) is 0 Å². The Hall–Kier alpha value is -3.70. The number of urea groups is 2. The smallest absolute Gasteiger partial charge is 0.321 e. The molecule has 2 rings (SSSR count). The lowest BCUT2D eigenvalue weighted by molar-refractivity contribution is -0.117. The molecule has 0 radical (unpaired) electrons. The van der Waals surface area contributed by atoms with Crippen molar-refractivity contribution < 1.29 is 14.4 Å². The number of aryl methyl sites for hydroxylation is 1. The molecule has 0 spiro atoms. The number of rotatable bonds is 6. The van der Waals surface area contributed by atoms with Crippen molar-refractivity contribution in [2.24, 2.45) is 4.99 Å². The molecular weight excluding hydrogens is 368 g/mol. The number of carbonyl (C=O) groups is 3. The second-order valence-electron chi connectivity index (χ2n) is 5.91. The van der Waals surface area contributed by atoms with Gasteiger partial charge in [-0.15, -0.1) is 0 Å². The van der Waals surface area contributed by atoms with Gasteiger partial charge in [0, 0.05) is 30.4 Å². The van der Waals surface area contributed by atoms with Gasteiger partial charge in [0.15, 0.2) is 5.78 Å². The Kier molecular flexibility index (Phi) is 7.25. The van der Waals surface area contributed by atoms with E-state index in [0.29, 0.717) is 18.2 Å². The SMILES string of the molecule is CC1=CCN=C(NC(=O)NCCC(=O)CNC(=O)Nc2nc(C)cc(=O)[nH]2)N1. The third-order valence-electron chi connectivity index (χ3n) is 3.43. The number of carbonyl (C=O) groups excluding carboxylic acids is 3. The molecule has 0 aromatic carbocycles. The summed E-state index contributed by atoms with van der Waals surface area (Å²) in [4.78, 5) is 56.9. The normalized spacial score (nSPS) is 12.8. The molecule has 12 heteroatoms. The average molecular weight is 390 g/mol. The molecule has 0 bridgehead atoms. The third-order valence-corrected chi connectivity index (χ3v) is 3.43. The topological polar surface area (TPSA) is 169 Å². The van der Waals surface area contributed by atoms with Gasteiger partial charge >= 0.3 is 12.1 Å². The second-order valence-corrected chi connectivity index (χ2v) is 5.91. The van der Waals surface area contributed by atoms with E-state index in [1.807, 2.05) is 13.0 Å². The minimum absolute atomic E-state index is 0.0161. The van der Waals surface area contributed by atoms with E-state index in [2.05, 4.69) is 41.5 Å².